The maximum atomic E-state index is 13.0. The van der Waals surface area contributed by atoms with Crippen molar-refractivity contribution >= 4 is 28.6 Å². The van der Waals surface area contributed by atoms with Gasteiger partial charge in [-0.05, 0) is 46.8 Å². The van der Waals surface area contributed by atoms with E-state index in [2.05, 4.69) is 37.6 Å². The molecule has 1 amide bonds. The first kappa shape index (κ1) is 20.5. The molecule has 0 bridgehead atoms. The number of amides is 1. The normalized spacial score (nSPS) is 13.1. The fraction of sp³-hybridized carbons (Fsp3) is 0.526. The summed E-state index contributed by atoms with van der Waals surface area (Å²) in [7, 11) is 0. The number of rotatable bonds is 8. The van der Waals surface area contributed by atoms with Crippen LogP contribution in [0.25, 0.3) is 10.9 Å². The zero-order valence-corrected chi connectivity index (χ0v) is 16.9. The van der Waals surface area contributed by atoms with Crippen LogP contribution in [0.3, 0.4) is 0 Å². The van der Waals surface area contributed by atoms with E-state index in [9.17, 15) is 9.59 Å². The van der Waals surface area contributed by atoms with Crippen molar-refractivity contribution < 1.29 is 4.79 Å². The molecule has 26 heavy (non-hydrogen) atoms. The second-order valence-electron chi connectivity index (χ2n) is 6.96. The average Bonchev–Trinajstić information content (AvgIpc) is 2.56. The van der Waals surface area contributed by atoms with Crippen molar-refractivity contribution in [1.29, 1.82) is 0 Å². The van der Waals surface area contributed by atoms with Crippen LogP contribution >= 0.6 is 11.8 Å². The fourth-order valence-corrected chi connectivity index (χ4v) is 3.86. The Bertz CT molecular complexity index is 824. The maximum Gasteiger partial charge on any atom is 0.262 e. The molecule has 0 aliphatic heterocycles. The molecule has 0 fully saturated rings. The SMILES string of the molecule is CC(C)N(CCn1c(S[C@@H](C)C(N)=O)nc2ccccc2c1=O)C(C)C. The third-order valence-corrected chi connectivity index (χ3v) is 5.53. The molecule has 0 saturated heterocycles. The number of nitrogens with zero attached hydrogens (tertiary/aromatic N) is 3. The Morgan fingerprint density at radius 2 is 1.81 bits per heavy atom. The van der Waals surface area contributed by atoms with E-state index in [0.29, 0.717) is 34.7 Å². The minimum atomic E-state index is -0.458. The van der Waals surface area contributed by atoms with Crippen molar-refractivity contribution in [2.24, 2.45) is 5.73 Å². The molecular weight excluding hydrogens is 348 g/mol. The van der Waals surface area contributed by atoms with E-state index in [1.807, 2.05) is 18.2 Å². The van der Waals surface area contributed by atoms with Gasteiger partial charge in [0.1, 0.15) is 0 Å². The summed E-state index contributed by atoms with van der Waals surface area (Å²) >= 11 is 1.23. The van der Waals surface area contributed by atoms with Crippen LogP contribution in [0.2, 0.25) is 0 Å². The number of nitrogens with two attached hydrogens (primary N) is 1. The quantitative estimate of drug-likeness (QED) is 0.565. The molecule has 0 aliphatic carbocycles. The summed E-state index contributed by atoms with van der Waals surface area (Å²) in [6.45, 7) is 11.6. The van der Waals surface area contributed by atoms with E-state index in [1.54, 1.807) is 17.6 Å². The molecular formula is C19H28N4O2S. The molecule has 6 nitrogen and oxygen atoms in total. The summed E-state index contributed by atoms with van der Waals surface area (Å²) in [6.07, 6.45) is 0. The first-order chi connectivity index (χ1) is 12.2. The molecule has 1 aromatic heterocycles. The summed E-state index contributed by atoms with van der Waals surface area (Å²) in [4.78, 5) is 31.5. The molecule has 142 valence electrons. The van der Waals surface area contributed by atoms with Crippen LogP contribution in [0.5, 0.6) is 0 Å². The number of hydrogen-bond donors (Lipinski definition) is 1. The minimum absolute atomic E-state index is 0.0813. The lowest BCUT2D eigenvalue weighted by Crippen LogP contribution is -2.40. The van der Waals surface area contributed by atoms with Crippen molar-refractivity contribution in [3.63, 3.8) is 0 Å². The average molecular weight is 377 g/mol. The van der Waals surface area contributed by atoms with Gasteiger partial charge >= 0.3 is 0 Å². The predicted molar refractivity (Wildman–Crippen MR) is 107 cm³/mol. The van der Waals surface area contributed by atoms with Crippen molar-refractivity contribution in [2.45, 2.75) is 63.7 Å². The van der Waals surface area contributed by atoms with Gasteiger partial charge in [0.05, 0.1) is 16.2 Å². The number of hydrogen-bond acceptors (Lipinski definition) is 5. The van der Waals surface area contributed by atoms with Gasteiger partial charge in [0.15, 0.2) is 5.16 Å². The highest BCUT2D eigenvalue weighted by Crippen LogP contribution is 2.22. The third-order valence-electron chi connectivity index (χ3n) is 4.42. The van der Waals surface area contributed by atoms with Crippen molar-refractivity contribution in [2.75, 3.05) is 6.54 Å². The Hall–Kier alpha value is -1.86. The lowest BCUT2D eigenvalue weighted by atomic mass is 10.2. The van der Waals surface area contributed by atoms with Gasteiger partial charge in [0.2, 0.25) is 5.91 Å². The van der Waals surface area contributed by atoms with Crippen LogP contribution in [0.4, 0.5) is 0 Å². The second kappa shape index (κ2) is 8.68. The summed E-state index contributed by atoms with van der Waals surface area (Å²) in [5, 5.41) is 0.664. The van der Waals surface area contributed by atoms with Gasteiger partial charge in [-0.1, -0.05) is 23.9 Å². The summed E-state index contributed by atoms with van der Waals surface area (Å²) in [5.41, 5.74) is 5.96. The van der Waals surface area contributed by atoms with E-state index >= 15 is 0 Å². The van der Waals surface area contributed by atoms with Crippen LogP contribution in [0.15, 0.2) is 34.2 Å². The minimum Gasteiger partial charge on any atom is -0.369 e. The predicted octanol–water partition coefficient (Wildman–Crippen LogP) is 2.48. The zero-order chi connectivity index (χ0) is 19.4. The van der Waals surface area contributed by atoms with Crippen LogP contribution in [-0.4, -0.2) is 44.2 Å². The van der Waals surface area contributed by atoms with E-state index < -0.39 is 11.2 Å². The van der Waals surface area contributed by atoms with Gasteiger partial charge in [-0.2, -0.15) is 0 Å². The number of primary amides is 1. The topological polar surface area (TPSA) is 81.2 Å². The van der Waals surface area contributed by atoms with Gasteiger partial charge in [-0.3, -0.25) is 19.1 Å². The highest BCUT2D eigenvalue weighted by atomic mass is 32.2. The van der Waals surface area contributed by atoms with Gasteiger partial charge in [-0.15, -0.1) is 0 Å². The molecule has 0 radical (unpaired) electrons. The maximum absolute atomic E-state index is 13.0. The Morgan fingerprint density at radius 3 is 2.38 bits per heavy atom. The Balaban J connectivity index is 2.45. The number of aromatic nitrogens is 2. The molecule has 2 N–H and O–H groups in total. The first-order valence-corrected chi connectivity index (χ1v) is 9.81. The number of fused-ring (bicyclic) bond motifs is 1. The van der Waals surface area contributed by atoms with E-state index in [-0.39, 0.29) is 5.56 Å². The smallest absolute Gasteiger partial charge is 0.262 e. The van der Waals surface area contributed by atoms with Crippen molar-refractivity contribution in [3.05, 3.63) is 34.6 Å². The van der Waals surface area contributed by atoms with Gasteiger partial charge in [0.25, 0.3) is 5.56 Å². The largest absolute Gasteiger partial charge is 0.369 e. The lowest BCUT2D eigenvalue weighted by molar-refractivity contribution is -0.117. The number of para-hydroxylation sites is 1. The number of carbonyl (C=O) groups is 1. The number of thioether (sulfide) groups is 1. The van der Waals surface area contributed by atoms with Crippen molar-refractivity contribution in [3.8, 4) is 0 Å². The standard InChI is InChI=1S/C19H28N4O2S/c1-12(2)22(13(3)4)10-11-23-18(25)15-8-6-7-9-16(15)21-19(23)26-14(5)17(20)24/h6-9,12-14H,10-11H2,1-5H3,(H2,20,24)/t14-/m0/s1. The van der Waals surface area contributed by atoms with Crippen LogP contribution in [-0.2, 0) is 11.3 Å². The molecule has 1 atom stereocenters. The highest BCUT2D eigenvalue weighted by molar-refractivity contribution is 8.00. The number of carbonyl (C=O) groups excluding carboxylic acids is 1. The molecule has 2 aromatic rings. The molecule has 1 aromatic carbocycles. The Kier molecular flexibility index (Phi) is 6.83. The molecule has 7 heteroatoms. The zero-order valence-electron chi connectivity index (χ0n) is 16.1. The number of benzene rings is 1. The summed E-state index contributed by atoms with van der Waals surface area (Å²) in [5.74, 6) is -0.421. The molecule has 1 heterocycles. The Morgan fingerprint density at radius 1 is 1.19 bits per heavy atom. The van der Waals surface area contributed by atoms with Crippen molar-refractivity contribution in [1.82, 2.24) is 14.5 Å². The molecule has 0 unspecified atom stereocenters. The summed E-state index contributed by atoms with van der Waals surface area (Å²) in [6, 6.07) is 8.04. The van der Waals surface area contributed by atoms with Crippen LogP contribution < -0.4 is 11.3 Å². The first-order valence-electron chi connectivity index (χ1n) is 8.93. The van der Waals surface area contributed by atoms with E-state index in [1.165, 1.54) is 11.8 Å². The van der Waals surface area contributed by atoms with Gasteiger partial charge < -0.3 is 5.73 Å². The van der Waals surface area contributed by atoms with E-state index in [0.717, 1.165) is 6.54 Å². The van der Waals surface area contributed by atoms with Crippen LogP contribution in [0.1, 0.15) is 34.6 Å². The van der Waals surface area contributed by atoms with Gasteiger partial charge in [0, 0.05) is 25.2 Å². The molecule has 2 rings (SSSR count). The second-order valence-corrected chi connectivity index (χ2v) is 8.26. The molecule has 0 aliphatic rings. The van der Waals surface area contributed by atoms with Gasteiger partial charge in [-0.25, -0.2) is 4.98 Å². The summed E-state index contributed by atoms with van der Waals surface area (Å²) < 4.78 is 1.67. The monoisotopic (exact) mass is 376 g/mol. The Labute approximate surface area is 158 Å². The molecule has 0 spiro atoms. The molecule has 0 saturated carbocycles. The van der Waals surface area contributed by atoms with E-state index in [4.69, 9.17) is 5.73 Å². The van der Waals surface area contributed by atoms with Crippen LogP contribution in [0, 0.1) is 0 Å². The fourth-order valence-electron chi connectivity index (χ4n) is 2.98. The third kappa shape index (κ3) is 4.65. The highest BCUT2D eigenvalue weighted by Gasteiger charge is 2.19. The lowest BCUT2D eigenvalue weighted by Gasteiger charge is -2.31.